The number of para-hydroxylation sites is 2. The Morgan fingerprint density at radius 3 is 2.32 bits per heavy atom. The summed E-state index contributed by atoms with van der Waals surface area (Å²) in [5.74, 6) is 7.35. The van der Waals surface area contributed by atoms with Crippen LogP contribution >= 0.6 is 0 Å². The minimum Gasteiger partial charge on any atom is 0 e. The van der Waals surface area contributed by atoms with Crippen LogP contribution in [0.3, 0.4) is 0 Å². The summed E-state index contributed by atoms with van der Waals surface area (Å²) in [4.78, 5) is 13.9. The van der Waals surface area contributed by atoms with Gasteiger partial charge in [-0.2, -0.15) is 0 Å². The molecule has 4 aromatic carbocycles. The van der Waals surface area contributed by atoms with E-state index in [1.54, 1.807) is 18.3 Å². The van der Waals surface area contributed by atoms with Gasteiger partial charge in [0.25, 0.3) is 0 Å². The minimum atomic E-state index is -2.27. The Morgan fingerprint density at radius 1 is 0.800 bits per heavy atom. The molecule has 5 nitrogen and oxygen atoms in total. The van der Waals surface area contributed by atoms with Crippen LogP contribution in [0.1, 0.15) is 39.4 Å². The molecule has 0 saturated carbocycles. The van der Waals surface area contributed by atoms with E-state index in [1.165, 1.54) is 0 Å². The van der Waals surface area contributed by atoms with Crippen LogP contribution in [-0.2, 0) is 20.1 Å². The fraction of sp³-hybridized carbons (Fsp3) is 0.186. The van der Waals surface area contributed by atoms with Crippen LogP contribution in [0.25, 0.3) is 66.9 Å². The molecule has 0 N–H and O–H groups in total. The topological polar surface area (TPSA) is 56.7 Å². The van der Waals surface area contributed by atoms with Crippen molar-refractivity contribution in [1.29, 1.82) is 0 Å². The molecule has 0 fully saturated rings. The van der Waals surface area contributed by atoms with Crippen molar-refractivity contribution >= 4 is 50.8 Å². The molecule has 0 atom stereocenters. The summed E-state index contributed by atoms with van der Waals surface area (Å²) in [6.45, 7) is -0.0109. The third-order valence-corrected chi connectivity index (χ3v) is 12.8. The maximum Gasteiger partial charge on any atom is 0 e. The molecule has 0 aliphatic carbocycles. The predicted molar refractivity (Wildman–Crippen MR) is 206 cm³/mol. The van der Waals surface area contributed by atoms with Gasteiger partial charge in [-0.05, 0) is 44.5 Å². The van der Waals surface area contributed by atoms with E-state index < -0.39 is 27.0 Å². The third-order valence-electron chi connectivity index (χ3n) is 8.53. The average molecular weight is 900 g/mol. The molecule has 0 saturated heterocycles. The smallest absolute Gasteiger partial charge is 0 e. The average Bonchev–Trinajstić information content (AvgIpc) is 3.73. The van der Waals surface area contributed by atoms with Crippen molar-refractivity contribution in [1.82, 2.24) is 19.5 Å². The van der Waals surface area contributed by atoms with Crippen LogP contribution in [-0.4, -0.2) is 32.8 Å². The Hall–Kier alpha value is -4.36. The van der Waals surface area contributed by atoms with E-state index in [2.05, 4.69) is 63.9 Å². The zero-order valence-electron chi connectivity index (χ0n) is 34.5. The van der Waals surface area contributed by atoms with Gasteiger partial charge in [0, 0.05) is 47.4 Å². The van der Waals surface area contributed by atoms with Gasteiger partial charge in [-0.1, -0.05) is 52.9 Å². The van der Waals surface area contributed by atoms with E-state index in [0.29, 0.717) is 22.6 Å². The first kappa shape index (κ1) is 28.4. The number of hydrogen-bond acceptors (Lipinski definition) is 4. The molecular formula is C43H40GeIrN4O-2. The van der Waals surface area contributed by atoms with Crippen LogP contribution in [0, 0.1) is 25.8 Å². The van der Waals surface area contributed by atoms with Crippen molar-refractivity contribution in [2.24, 2.45) is 0 Å². The second kappa shape index (κ2) is 14.5. The number of benzene rings is 4. The summed E-state index contributed by atoms with van der Waals surface area (Å²) in [5, 5.41) is 1.82. The van der Waals surface area contributed by atoms with Gasteiger partial charge < -0.3 is 8.98 Å². The van der Waals surface area contributed by atoms with Gasteiger partial charge in [-0.3, -0.25) is 4.98 Å². The first-order chi connectivity index (χ1) is 26.0. The van der Waals surface area contributed by atoms with E-state index in [-0.39, 0.29) is 31.8 Å². The zero-order valence-corrected chi connectivity index (χ0v) is 33.0. The number of aromatic nitrogens is 4. The number of aryl methyl sites for hydroxylation is 2. The first-order valence-corrected chi connectivity index (χ1v) is 23.7. The minimum absolute atomic E-state index is 0. The maximum absolute atomic E-state index is 7.74. The number of imidazole rings is 1. The summed E-state index contributed by atoms with van der Waals surface area (Å²) >= 11 is -2.27. The predicted octanol–water partition coefficient (Wildman–Crippen LogP) is 10.8. The Bertz CT molecular complexity index is 2650. The summed E-state index contributed by atoms with van der Waals surface area (Å²) in [6.07, 6.45) is 1.75. The van der Waals surface area contributed by atoms with Gasteiger partial charge in [0.15, 0.2) is 0 Å². The van der Waals surface area contributed by atoms with E-state index in [1.807, 2.05) is 84.9 Å². The monoisotopic (exact) mass is 901 g/mol. The van der Waals surface area contributed by atoms with Crippen LogP contribution in [0.15, 0.2) is 114 Å². The molecule has 0 amide bonds. The van der Waals surface area contributed by atoms with Gasteiger partial charge >= 0.3 is 110 Å². The molecule has 4 aromatic heterocycles. The number of hydrogen-bond donors (Lipinski definition) is 0. The van der Waals surface area contributed by atoms with Gasteiger partial charge in [0.2, 0.25) is 5.71 Å². The van der Waals surface area contributed by atoms with Crippen LogP contribution in [0.2, 0.25) is 17.3 Å². The molecule has 8 rings (SSSR count). The Kier molecular flexibility index (Phi) is 8.21. The second-order valence-corrected chi connectivity index (χ2v) is 23.9. The van der Waals surface area contributed by atoms with E-state index in [9.17, 15) is 0 Å². The fourth-order valence-corrected chi connectivity index (χ4v) is 8.95. The normalized spacial score (nSPS) is 13.8. The van der Waals surface area contributed by atoms with Crippen molar-refractivity contribution in [2.45, 2.75) is 50.9 Å². The van der Waals surface area contributed by atoms with Gasteiger partial charge in [-0.15, -0.1) is 18.2 Å². The molecular weight excluding hydrogens is 853 g/mol. The molecule has 1 radical (unpaired) electrons. The first-order valence-electron chi connectivity index (χ1n) is 19.3. The standard InChI is InChI=1S/C28H22N3O.C15H18GeN.Ir/c1-17(2)31-25-10-5-4-9-24(25)30-27(31)22-8-6-7-21-23-15-20(16-29-28(23)32-26(21)22)19-13-11-18(3)12-14-19;1-12-14(16(2,3)4)10-11-15(17-12)13-8-6-5-7-9-13;/h4-7,9-17H,1-3H3;5-8,10-11H,1-4H3;/q2*-1;/i3D3;1D3;. The second-order valence-electron chi connectivity index (χ2n) is 13.4. The van der Waals surface area contributed by atoms with Crippen molar-refractivity contribution in [3.8, 4) is 33.8 Å². The van der Waals surface area contributed by atoms with E-state index in [4.69, 9.17) is 17.6 Å². The molecule has 7 heteroatoms. The SMILES string of the molecule is [2H]C([2H])([2H])c1ccc(-c2cnc3oc4c(-c5nc6ccccc6n5C(C)C)[c-]ccc4c3c2)cc1.[2H]C([2H])([2H])c1nc(-c2[c-]cccc2)cc[c]1[Ge]([CH3])([CH3])[CH3].[Ir]. The number of fused-ring (bicyclic) bond motifs is 4. The van der Waals surface area contributed by atoms with E-state index >= 15 is 0 Å². The molecule has 0 bridgehead atoms. The van der Waals surface area contributed by atoms with Gasteiger partial charge in [0.1, 0.15) is 0 Å². The third kappa shape index (κ3) is 6.98. The number of pyridine rings is 2. The Morgan fingerprint density at radius 2 is 1.60 bits per heavy atom. The molecule has 0 aliphatic heterocycles. The Balaban J connectivity index is 0.000000217. The summed E-state index contributed by atoms with van der Waals surface area (Å²) < 4.78 is 55.4. The van der Waals surface area contributed by atoms with Crippen molar-refractivity contribution in [3.05, 3.63) is 133 Å². The summed E-state index contributed by atoms with van der Waals surface area (Å²) in [6, 6.07) is 38.9. The molecule has 50 heavy (non-hydrogen) atoms. The van der Waals surface area contributed by atoms with Crippen molar-refractivity contribution in [2.75, 3.05) is 0 Å². The fourth-order valence-electron chi connectivity index (χ4n) is 6.12. The maximum atomic E-state index is 7.74. The zero-order chi connectivity index (χ0) is 39.3. The van der Waals surface area contributed by atoms with Crippen LogP contribution in [0.5, 0.6) is 0 Å². The van der Waals surface area contributed by atoms with Crippen LogP contribution < -0.4 is 4.40 Å². The molecule has 0 aliphatic rings. The number of rotatable bonds is 5. The molecule has 0 spiro atoms. The van der Waals surface area contributed by atoms with Crippen molar-refractivity contribution < 1.29 is 32.7 Å². The van der Waals surface area contributed by atoms with Gasteiger partial charge in [-0.25, -0.2) is 4.98 Å². The largest absolute Gasteiger partial charge is 0 e. The summed E-state index contributed by atoms with van der Waals surface area (Å²) in [5.41, 5.74) is 7.90. The number of furan rings is 1. The van der Waals surface area contributed by atoms with Gasteiger partial charge in [0.05, 0.1) is 22.4 Å². The van der Waals surface area contributed by atoms with Crippen molar-refractivity contribution in [3.63, 3.8) is 0 Å². The quantitative estimate of drug-likeness (QED) is 0.128. The molecule has 0 unspecified atom stereocenters. The molecule has 253 valence electrons. The Labute approximate surface area is 319 Å². The number of nitrogens with zero attached hydrogens (tertiary/aromatic N) is 4. The molecule has 4 heterocycles. The summed E-state index contributed by atoms with van der Waals surface area (Å²) in [7, 11) is 0. The van der Waals surface area contributed by atoms with E-state index in [0.717, 1.165) is 54.3 Å². The molecule has 8 aromatic rings. The van der Waals surface area contributed by atoms with Crippen LogP contribution in [0.4, 0.5) is 0 Å².